The lowest BCUT2D eigenvalue weighted by Crippen LogP contribution is -2.37. The van der Waals surface area contributed by atoms with Crippen LogP contribution >= 0.6 is 0 Å². The van der Waals surface area contributed by atoms with Crippen molar-refractivity contribution in [2.75, 3.05) is 19.7 Å². The molecular weight excluding hydrogens is 560 g/mol. The molecule has 1 saturated heterocycles. The molecule has 1 fully saturated rings. The number of guanidine groups is 1. The van der Waals surface area contributed by atoms with Crippen molar-refractivity contribution >= 4 is 18.0 Å². The first-order valence-corrected chi connectivity index (χ1v) is 14.8. The smallest absolute Gasteiger partial charge is 0.410 e. The highest BCUT2D eigenvalue weighted by Gasteiger charge is 2.31. The number of likely N-dealkylation sites (tertiary alicyclic amines) is 1. The molecular formula is C34H40N4O6. The van der Waals surface area contributed by atoms with Crippen LogP contribution < -0.4 is 10.5 Å². The molecule has 232 valence electrons. The predicted octanol–water partition coefficient (Wildman–Crippen LogP) is 4.40. The molecule has 2 aliphatic rings. The Balaban J connectivity index is 1.14. The predicted molar refractivity (Wildman–Crippen MR) is 166 cm³/mol. The van der Waals surface area contributed by atoms with E-state index in [2.05, 4.69) is 0 Å². The molecule has 2 atom stereocenters. The van der Waals surface area contributed by atoms with Gasteiger partial charge < -0.3 is 34.9 Å². The molecule has 5 rings (SSSR count). The Morgan fingerprint density at radius 3 is 2.23 bits per heavy atom. The number of esters is 1. The summed E-state index contributed by atoms with van der Waals surface area (Å²) in [6.07, 6.45) is -1.73. The van der Waals surface area contributed by atoms with E-state index in [0.29, 0.717) is 37.9 Å². The van der Waals surface area contributed by atoms with Gasteiger partial charge in [0.05, 0.1) is 6.04 Å². The highest BCUT2D eigenvalue weighted by molar-refractivity contribution is 5.79. The van der Waals surface area contributed by atoms with Gasteiger partial charge in [0.25, 0.3) is 0 Å². The first kappa shape index (κ1) is 30.9. The third-order valence-corrected chi connectivity index (χ3v) is 7.47. The van der Waals surface area contributed by atoms with Crippen LogP contribution in [0.2, 0.25) is 0 Å². The quantitative estimate of drug-likeness (QED) is 0.221. The average molecular weight is 601 g/mol. The fourth-order valence-corrected chi connectivity index (χ4v) is 5.25. The maximum atomic E-state index is 12.9. The molecule has 10 nitrogen and oxygen atoms in total. The van der Waals surface area contributed by atoms with Gasteiger partial charge in [0, 0.05) is 26.2 Å². The first-order chi connectivity index (χ1) is 21.1. The maximum absolute atomic E-state index is 12.9. The van der Waals surface area contributed by atoms with Crippen LogP contribution in [0.5, 0.6) is 5.75 Å². The minimum atomic E-state index is -1.47. The van der Waals surface area contributed by atoms with Gasteiger partial charge in [-0.3, -0.25) is 0 Å². The second-order valence-corrected chi connectivity index (χ2v) is 12.1. The zero-order valence-electron chi connectivity index (χ0n) is 25.4. The molecule has 0 spiro atoms. The van der Waals surface area contributed by atoms with E-state index in [1.807, 2.05) is 98.5 Å². The van der Waals surface area contributed by atoms with Gasteiger partial charge in [-0.25, -0.2) is 14.6 Å². The van der Waals surface area contributed by atoms with Crippen molar-refractivity contribution in [3.8, 4) is 5.75 Å². The van der Waals surface area contributed by atoms with Crippen LogP contribution in [0.25, 0.3) is 0 Å². The van der Waals surface area contributed by atoms with Gasteiger partial charge in [0.15, 0.2) is 18.2 Å². The van der Waals surface area contributed by atoms with Crippen molar-refractivity contribution in [3.63, 3.8) is 0 Å². The van der Waals surface area contributed by atoms with Gasteiger partial charge in [0.1, 0.15) is 18.0 Å². The third kappa shape index (κ3) is 7.87. The number of fused-ring (bicyclic) bond motifs is 1. The normalized spacial score (nSPS) is 17.4. The summed E-state index contributed by atoms with van der Waals surface area (Å²) in [5, 5.41) is 10.6. The van der Waals surface area contributed by atoms with Crippen LogP contribution in [-0.2, 0) is 27.4 Å². The number of nitrogens with two attached hydrogens (primary N) is 1. The Kier molecular flexibility index (Phi) is 9.39. The SMILES string of the molecule is CC(C)(C)OC(=O)N1CC[C@@H](N=C(N)N2Cc3ccc(OC[C@@H](O)C(=O)OC(c4ccccc4)c4ccccc4)cc3C2)C1. The van der Waals surface area contributed by atoms with Crippen LogP contribution in [-0.4, -0.2) is 70.4 Å². The van der Waals surface area contributed by atoms with Crippen LogP contribution in [0, 0.1) is 0 Å². The summed E-state index contributed by atoms with van der Waals surface area (Å²) in [5.41, 5.74) is 9.56. The fourth-order valence-electron chi connectivity index (χ4n) is 5.25. The van der Waals surface area contributed by atoms with Crippen LogP contribution in [0.15, 0.2) is 83.9 Å². The number of aliphatic hydroxyl groups excluding tert-OH is 1. The van der Waals surface area contributed by atoms with Gasteiger partial charge in [-0.2, -0.15) is 0 Å². The molecule has 0 saturated carbocycles. The number of amides is 1. The molecule has 0 unspecified atom stereocenters. The summed E-state index contributed by atoms with van der Waals surface area (Å²) in [7, 11) is 0. The fraction of sp³-hybridized carbons (Fsp3) is 0.382. The van der Waals surface area contributed by atoms with Crippen molar-refractivity contribution in [1.29, 1.82) is 0 Å². The monoisotopic (exact) mass is 600 g/mol. The number of nitrogens with zero attached hydrogens (tertiary/aromatic N) is 3. The maximum Gasteiger partial charge on any atom is 0.410 e. The van der Waals surface area contributed by atoms with Crippen molar-refractivity contribution in [3.05, 3.63) is 101 Å². The number of ether oxygens (including phenoxy) is 3. The van der Waals surface area contributed by atoms with E-state index in [-0.39, 0.29) is 18.7 Å². The molecule has 0 aromatic heterocycles. The standard InChI is InChI=1S/C34H40N4O6/c1-34(2,3)44-33(41)37-17-16-27(21-37)36-32(35)38-19-25-14-15-28(18-26(25)20-38)42-22-29(39)31(40)43-30(23-10-6-4-7-11-23)24-12-8-5-9-13-24/h4-15,18,27,29-30,39H,16-17,19-22H2,1-3H3,(H2,35,36)/t27-,29-/m1/s1. The number of benzene rings is 3. The molecule has 10 heteroatoms. The van der Waals surface area contributed by atoms with E-state index in [1.165, 1.54) is 0 Å². The Morgan fingerprint density at radius 1 is 0.955 bits per heavy atom. The first-order valence-electron chi connectivity index (χ1n) is 14.8. The Hall–Kier alpha value is -4.57. The van der Waals surface area contributed by atoms with Gasteiger partial charge >= 0.3 is 12.1 Å². The molecule has 3 aromatic rings. The third-order valence-electron chi connectivity index (χ3n) is 7.47. The van der Waals surface area contributed by atoms with Crippen molar-refractivity contribution < 1.29 is 28.9 Å². The van der Waals surface area contributed by atoms with E-state index in [9.17, 15) is 14.7 Å². The number of rotatable bonds is 8. The molecule has 2 aliphatic heterocycles. The number of hydrogen-bond acceptors (Lipinski definition) is 7. The van der Waals surface area contributed by atoms with E-state index in [1.54, 1.807) is 11.0 Å². The number of hydrogen-bond donors (Lipinski definition) is 2. The van der Waals surface area contributed by atoms with Crippen LogP contribution in [0.4, 0.5) is 4.79 Å². The van der Waals surface area contributed by atoms with E-state index in [0.717, 1.165) is 28.7 Å². The summed E-state index contributed by atoms with van der Waals surface area (Å²) in [6, 6.07) is 24.4. The number of aliphatic hydroxyl groups is 1. The van der Waals surface area contributed by atoms with Gasteiger partial charge in [-0.15, -0.1) is 0 Å². The van der Waals surface area contributed by atoms with Crippen molar-refractivity contribution in [1.82, 2.24) is 9.80 Å². The molecule has 3 N–H and O–H groups in total. The Labute approximate surface area is 258 Å². The van der Waals surface area contributed by atoms with Gasteiger partial charge in [-0.1, -0.05) is 66.7 Å². The summed E-state index contributed by atoms with van der Waals surface area (Å²) in [4.78, 5) is 33.6. The molecule has 3 aromatic carbocycles. The lowest BCUT2D eigenvalue weighted by Gasteiger charge is -2.24. The Bertz CT molecular complexity index is 1430. The summed E-state index contributed by atoms with van der Waals surface area (Å²) in [6.45, 7) is 7.48. The summed E-state index contributed by atoms with van der Waals surface area (Å²) >= 11 is 0. The lowest BCUT2D eigenvalue weighted by molar-refractivity contribution is -0.159. The van der Waals surface area contributed by atoms with Crippen molar-refractivity contribution in [2.45, 2.75) is 64.1 Å². The van der Waals surface area contributed by atoms with Gasteiger partial charge in [-0.05, 0) is 61.6 Å². The highest BCUT2D eigenvalue weighted by Crippen LogP contribution is 2.29. The van der Waals surface area contributed by atoms with Crippen LogP contribution in [0.1, 0.15) is 55.5 Å². The average Bonchev–Trinajstić information content (AvgIpc) is 3.66. The molecule has 1 amide bonds. The van der Waals surface area contributed by atoms with Crippen molar-refractivity contribution in [2.24, 2.45) is 10.7 Å². The summed E-state index contributed by atoms with van der Waals surface area (Å²) in [5.74, 6) is 0.180. The van der Waals surface area contributed by atoms with E-state index >= 15 is 0 Å². The second-order valence-electron chi connectivity index (χ2n) is 12.1. The molecule has 44 heavy (non-hydrogen) atoms. The molecule has 0 aliphatic carbocycles. The Morgan fingerprint density at radius 2 is 1.59 bits per heavy atom. The number of aliphatic imine (C=N–C) groups is 1. The van der Waals surface area contributed by atoms with Gasteiger partial charge in [0.2, 0.25) is 0 Å². The number of carbonyl (C=O) groups excluding carboxylic acids is 2. The lowest BCUT2D eigenvalue weighted by atomic mass is 10.0. The minimum Gasteiger partial charge on any atom is -0.490 e. The largest absolute Gasteiger partial charge is 0.490 e. The summed E-state index contributed by atoms with van der Waals surface area (Å²) < 4.78 is 17.0. The topological polar surface area (TPSA) is 127 Å². The molecule has 0 radical (unpaired) electrons. The van der Waals surface area contributed by atoms with E-state index in [4.69, 9.17) is 24.9 Å². The van der Waals surface area contributed by atoms with E-state index < -0.39 is 23.8 Å². The molecule has 2 heterocycles. The zero-order valence-corrected chi connectivity index (χ0v) is 25.4. The second kappa shape index (κ2) is 13.4. The highest BCUT2D eigenvalue weighted by atomic mass is 16.6. The van der Waals surface area contributed by atoms with Crippen LogP contribution in [0.3, 0.4) is 0 Å². The molecule has 0 bridgehead atoms. The number of carbonyl (C=O) groups is 2. The zero-order chi connectivity index (χ0) is 31.3. The minimum absolute atomic E-state index is 0.0882.